The van der Waals surface area contributed by atoms with Crippen LogP contribution in [0, 0.1) is 5.82 Å². The molecule has 6 rings (SSSR count). The Bertz CT molecular complexity index is 1390. The highest BCUT2D eigenvalue weighted by Crippen LogP contribution is 2.36. The van der Waals surface area contributed by atoms with E-state index in [0.717, 1.165) is 80.7 Å². The van der Waals surface area contributed by atoms with Gasteiger partial charge in [-0.25, -0.2) is 4.39 Å². The molecule has 3 aromatic carbocycles. The molecule has 0 saturated carbocycles. The summed E-state index contributed by atoms with van der Waals surface area (Å²) in [7, 11) is 0. The third-order valence-electron chi connectivity index (χ3n) is 7.89. The first kappa shape index (κ1) is 31.8. The van der Waals surface area contributed by atoms with Crippen molar-refractivity contribution < 1.29 is 18.7 Å². The molecule has 3 aliphatic rings. The largest absolute Gasteiger partial charge is 0.488 e. The van der Waals surface area contributed by atoms with Crippen LogP contribution in [0.25, 0.3) is 16.7 Å². The number of carbonyl (C=O) groups is 1. The van der Waals surface area contributed by atoms with E-state index in [0.29, 0.717) is 17.0 Å². The van der Waals surface area contributed by atoms with Gasteiger partial charge in [0.25, 0.3) is 5.91 Å². The molecule has 2 aliphatic heterocycles. The fraction of sp³-hybridized carbons (Fsp3) is 0.364. The molecule has 0 bridgehead atoms. The number of allylic oxidation sites excluding steroid dienone is 2. The van der Waals surface area contributed by atoms with Gasteiger partial charge < -0.3 is 25.4 Å². The predicted octanol–water partition coefficient (Wildman–Crippen LogP) is 7.03. The second kappa shape index (κ2) is 14.9. The minimum Gasteiger partial charge on any atom is -0.488 e. The van der Waals surface area contributed by atoms with Crippen LogP contribution in [0.4, 0.5) is 10.1 Å². The van der Waals surface area contributed by atoms with Crippen molar-refractivity contribution in [2.75, 3.05) is 31.5 Å². The maximum Gasteiger partial charge on any atom is 0.255 e. The number of hydrogen-bond acceptors (Lipinski definition) is 5. The summed E-state index contributed by atoms with van der Waals surface area (Å²) < 4.78 is 26.3. The lowest BCUT2D eigenvalue weighted by atomic mass is 9.92. The smallest absolute Gasteiger partial charge is 0.255 e. The van der Waals surface area contributed by atoms with E-state index in [-0.39, 0.29) is 48.7 Å². The molecule has 6 nitrogen and oxygen atoms in total. The van der Waals surface area contributed by atoms with Crippen LogP contribution in [0.5, 0.6) is 11.5 Å². The minimum absolute atomic E-state index is 0. The molecule has 0 aromatic heterocycles. The van der Waals surface area contributed by atoms with E-state index in [1.54, 1.807) is 12.1 Å². The van der Waals surface area contributed by atoms with Gasteiger partial charge in [-0.15, -0.1) is 24.8 Å². The monoisotopic (exact) mass is 613 g/mol. The number of benzene rings is 3. The summed E-state index contributed by atoms with van der Waals surface area (Å²) in [5.41, 5.74) is 5.14. The molecule has 0 radical (unpaired) electrons. The van der Waals surface area contributed by atoms with Gasteiger partial charge in [0, 0.05) is 35.5 Å². The molecule has 1 amide bonds. The molecule has 1 aliphatic carbocycles. The van der Waals surface area contributed by atoms with Gasteiger partial charge in [-0.1, -0.05) is 18.2 Å². The topological polar surface area (TPSA) is 71.6 Å². The first-order valence-electron chi connectivity index (χ1n) is 14.4. The Morgan fingerprint density at radius 1 is 0.810 bits per heavy atom. The van der Waals surface area contributed by atoms with Gasteiger partial charge >= 0.3 is 0 Å². The summed E-state index contributed by atoms with van der Waals surface area (Å²) in [5, 5.41) is 9.75. The Morgan fingerprint density at radius 2 is 1.48 bits per heavy atom. The quantitative estimate of drug-likeness (QED) is 0.254. The molecule has 2 unspecified atom stereocenters. The van der Waals surface area contributed by atoms with Crippen molar-refractivity contribution in [1.82, 2.24) is 10.6 Å². The van der Waals surface area contributed by atoms with Crippen LogP contribution in [-0.2, 0) is 0 Å². The Hall–Kier alpha value is -3.10. The lowest BCUT2D eigenvalue weighted by Crippen LogP contribution is -2.20. The van der Waals surface area contributed by atoms with Crippen molar-refractivity contribution in [3.63, 3.8) is 0 Å². The third kappa shape index (κ3) is 7.64. The van der Waals surface area contributed by atoms with Crippen molar-refractivity contribution in [1.29, 1.82) is 0 Å². The zero-order valence-electron chi connectivity index (χ0n) is 23.5. The fourth-order valence-electron chi connectivity index (χ4n) is 5.69. The van der Waals surface area contributed by atoms with Crippen LogP contribution in [0.3, 0.4) is 0 Å². The molecule has 224 valence electrons. The van der Waals surface area contributed by atoms with E-state index in [1.165, 1.54) is 24.1 Å². The van der Waals surface area contributed by atoms with Gasteiger partial charge in [0.1, 0.15) is 29.5 Å². The molecule has 2 heterocycles. The Balaban J connectivity index is 0.00000202. The lowest BCUT2D eigenvalue weighted by molar-refractivity contribution is 0.102. The van der Waals surface area contributed by atoms with E-state index in [9.17, 15) is 9.18 Å². The van der Waals surface area contributed by atoms with Crippen molar-refractivity contribution in [2.24, 2.45) is 0 Å². The van der Waals surface area contributed by atoms with E-state index < -0.39 is 0 Å². The van der Waals surface area contributed by atoms with Crippen LogP contribution in [0.2, 0.25) is 0 Å². The molecule has 2 fully saturated rings. The highest BCUT2D eigenvalue weighted by atomic mass is 35.5. The van der Waals surface area contributed by atoms with Crippen molar-refractivity contribution in [2.45, 2.75) is 50.7 Å². The Morgan fingerprint density at radius 3 is 2.10 bits per heavy atom. The van der Waals surface area contributed by atoms with Gasteiger partial charge in [-0.05, 0) is 111 Å². The lowest BCUT2D eigenvalue weighted by Gasteiger charge is -2.21. The first-order chi connectivity index (χ1) is 19.6. The number of ether oxygens (including phenoxy) is 2. The molecule has 9 heteroatoms. The van der Waals surface area contributed by atoms with E-state index in [2.05, 4.69) is 22.0 Å². The number of amides is 1. The maximum atomic E-state index is 13.7. The van der Waals surface area contributed by atoms with E-state index >= 15 is 0 Å². The molecule has 42 heavy (non-hydrogen) atoms. The molecule has 3 aromatic rings. The molecule has 2 saturated heterocycles. The number of halogens is 3. The first-order valence-corrected chi connectivity index (χ1v) is 14.4. The second-order valence-corrected chi connectivity index (χ2v) is 10.8. The summed E-state index contributed by atoms with van der Waals surface area (Å²) in [6, 6.07) is 17.7. The van der Waals surface area contributed by atoms with Crippen LogP contribution >= 0.6 is 24.8 Å². The van der Waals surface area contributed by atoms with E-state index in [4.69, 9.17) is 9.47 Å². The van der Waals surface area contributed by atoms with E-state index in [1.807, 2.05) is 36.4 Å². The highest BCUT2D eigenvalue weighted by Gasteiger charge is 2.22. The number of carbonyl (C=O) groups excluding carboxylic acids is 1. The average Bonchev–Trinajstić information content (AvgIpc) is 3.70. The summed E-state index contributed by atoms with van der Waals surface area (Å²) in [6.45, 7) is 3.51. The van der Waals surface area contributed by atoms with Gasteiger partial charge in [0.05, 0.1) is 0 Å². The zero-order chi connectivity index (χ0) is 27.3. The molecule has 0 spiro atoms. The van der Waals surface area contributed by atoms with Gasteiger partial charge in [-0.3, -0.25) is 4.79 Å². The molecule has 2 atom stereocenters. The second-order valence-electron chi connectivity index (χ2n) is 10.8. The fourth-order valence-corrected chi connectivity index (χ4v) is 5.69. The summed E-state index contributed by atoms with van der Waals surface area (Å²) in [4.78, 5) is 13.5. The number of hydrogen-bond donors (Lipinski definition) is 3. The average molecular weight is 615 g/mol. The van der Waals surface area contributed by atoms with Gasteiger partial charge in [-0.2, -0.15) is 0 Å². The standard InChI is InChI=1S/C33H36FN3O3.2ClH/c34-25-9-6-23(7-10-25)30-19-26(11-13-32(30)40-28-15-17-36-21-28)37-33(38)24-8-12-31(39-27-14-16-35-20-27)29(18-24)22-4-2-1-3-5-22;;/h4,6-13,18-19,27-28,35-36H,1-3,5,14-17,20-21H2,(H,37,38);2*1H. The number of rotatable bonds is 8. The van der Waals surface area contributed by atoms with Crippen molar-refractivity contribution in [3.05, 3.63) is 83.7 Å². The van der Waals surface area contributed by atoms with Crippen LogP contribution in [0.1, 0.15) is 54.4 Å². The minimum atomic E-state index is -0.295. The third-order valence-corrected chi connectivity index (χ3v) is 7.89. The summed E-state index contributed by atoms with van der Waals surface area (Å²) >= 11 is 0. The number of anilines is 1. The molecular formula is C33H38Cl2FN3O3. The maximum absolute atomic E-state index is 13.7. The highest BCUT2D eigenvalue weighted by molar-refractivity contribution is 6.05. The molecular weight excluding hydrogens is 576 g/mol. The van der Waals surface area contributed by atoms with Crippen LogP contribution in [-0.4, -0.2) is 44.3 Å². The number of nitrogens with one attached hydrogen (secondary N) is 3. The predicted molar refractivity (Wildman–Crippen MR) is 171 cm³/mol. The SMILES string of the molecule is Cl.Cl.O=C(Nc1ccc(OC2CCNC2)c(-c2ccc(F)cc2)c1)c1ccc(OC2CCNC2)c(C2=CCCCC2)c1. The van der Waals surface area contributed by atoms with Gasteiger partial charge in [0.15, 0.2) is 0 Å². The van der Waals surface area contributed by atoms with Crippen LogP contribution in [0.15, 0.2) is 66.7 Å². The Labute approximate surface area is 259 Å². The zero-order valence-corrected chi connectivity index (χ0v) is 25.1. The summed E-state index contributed by atoms with van der Waals surface area (Å²) in [6.07, 6.45) is 8.79. The van der Waals surface area contributed by atoms with Crippen molar-refractivity contribution in [3.8, 4) is 22.6 Å². The Kier molecular flexibility index (Phi) is 11.3. The summed E-state index contributed by atoms with van der Waals surface area (Å²) in [5.74, 6) is 1.08. The van der Waals surface area contributed by atoms with Crippen molar-refractivity contribution >= 4 is 42.0 Å². The molecule has 3 N–H and O–H groups in total. The van der Waals surface area contributed by atoms with Gasteiger partial charge in [0.2, 0.25) is 0 Å². The normalized spacial score (nSPS) is 19.7. The van der Waals surface area contributed by atoms with Crippen LogP contribution < -0.4 is 25.4 Å².